The number of nitrogens with one attached hydrogen (secondary N) is 2. The first-order chi connectivity index (χ1) is 8.28. The van der Waals surface area contributed by atoms with E-state index in [4.69, 9.17) is 0 Å². The number of hydrogen-bond donors (Lipinski definition) is 2. The van der Waals surface area contributed by atoms with Gasteiger partial charge in [-0.1, -0.05) is 13.2 Å². The maximum absolute atomic E-state index is 10.9. The monoisotopic (exact) mass is 268 g/mol. The second kappa shape index (κ2) is 7.77. The molecule has 110 valence electrons. The molecule has 19 heavy (non-hydrogen) atoms. The van der Waals surface area contributed by atoms with Crippen molar-refractivity contribution in [2.75, 3.05) is 0 Å². The summed E-state index contributed by atoms with van der Waals surface area (Å²) in [4.78, 5) is 21.5. The Bertz CT molecular complexity index is 344. The zero-order chi connectivity index (χ0) is 15.9. The van der Waals surface area contributed by atoms with Crippen molar-refractivity contribution in [3.8, 4) is 0 Å². The Balaban J connectivity index is 0. The van der Waals surface area contributed by atoms with Crippen LogP contribution >= 0.6 is 0 Å². The van der Waals surface area contributed by atoms with Gasteiger partial charge in [0.05, 0.1) is 0 Å². The summed E-state index contributed by atoms with van der Waals surface area (Å²) in [6, 6.07) is 0. The Morgan fingerprint density at radius 1 is 0.947 bits per heavy atom. The average molecular weight is 268 g/mol. The van der Waals surface area contributed by atoms with Crippen LogP contribution in [-0.4, -0.2) is 22.9 Å². The molecule has 0 aliphatic heterocycles. The summed E-state index contributed by atoms with van der Waals surface area (Å²) >= 11 is 0. The van der Waals surface area contributed by atoms with Gasteiger partial charge < -0.3 is 10.6 Å². The Morgan fingerprint density at radius 2 is 1.32 bits per heavy atom. The van der Waals surface area contributed by atoms with Crippen molar-refractivity contribution < 1.29 is 9.59 Å². The molecular formula is C15H28N2O2. The zero-order valence-corrected chi connectivity index (χ0v) is 13.3. The van der Waals surface area contributed by atoms with E-state index in [2.05, 4.69) is 23.8 Å². The maximum Gasteiger partial charge on any atom is 0.246 e. The van der Waals surface area contributed by atoms with Gasteiger partial charge >= 0.3 is 0 Å². The summed E-state index contributed by atoms with van der Waals surface area (Å²) in [5, 5.41) is 5.49. The fourth-order valence-corrected chi connectivity index (χ4v) is 0.868. The van der Waals surface area contributed by atoms with Crippen molar-refractivity contribution in [3.05, 3.63) is 24.8 Å². The Labute approximate surface area is 117 Å². The Morgan fingerprint density at radius 3 is 1.42 bits per heavy atom. The molecule has 0 unspecified atom stereocenters. The quantitative estimate of drug-likeness (QED) is 0.756. The third-order valence-electron chi connectivity index (χ3n) is 1.56. The third-order valence-corrected chi connectivity index (χ3v) is 1.56. The molecule has 0 aliphatic rings. The molecule has 0 bridgehead atoms. The summed E-state index contributed by atoms with van der Waals surface area (Å²) in [7, 11) is 0. The van der Waals surface area contributed by atoms with Gasteiger partial charge in [-0.3, -0.25) is 9.59 Å². The van der Waals surface area contributed by atoms with Crippen molar-refractivity contribution in [2.45, 2.75) is 59.5 Å². The number of rotatable bonds is 2. The van der Waals surface area contributed by atoms with Crippen LogP contribution in [0.5, 0.6) is 0 Å². The third kappa shape index (κ3) is 16.4. The standard InChI is InChI=1S/C8H15NO.C7H13NO/c1-6(2)7(10)9-8(3,4)5;1-5-6(9)8-7(2,3)4/h1H2,2-5H3,(H,9,10);5H,1H2,2-4H3,(H,8,9). The van der Waals surface area contributed by atoms with E-state index in [1.165, 1.54) is 6.08 Å². The molecule has 4 nitrogen and oxygen atoms in total. The van der Waals surface area contributed by atoms with Gasteiger partial charge in [-0.25, -0.2) is 0 Å². The summed E-state index contributed by atoms with van der Waals surface area (Å²) in [6.07, 6.45) is 1.27. The first kappa shape index (κ1) is 19.8. The van der Waals surface area contributed by atoms with Gasteiger partial charge in [-0.05, 0) is 54.5 Å². The molecule has 0 aliphatic carbocycles. The van der Waals surface area contributed by atoms with E-state index in [9.17, 15) is 9.59 Å². The molecule has 0 aromatic carbocycles. The Kier molecular flexibility index (Phi) is 8.08. The number of carbonyl (C=O) groups excluding carboxylic acids is 2. The van der Waals surface area contributed by atoms with Crippen LogP contribution in [-0.2, 0) is 9.59 Å². The van der Waals surface area contributed by atoms with Crippen LogP contribution in [0.25, 0.3) is 0 Å². The molecule has 0 heterocycles. The highest BCUT2D eigenvalue weighted by atomic mass is 16.2. The van der Waals surface area contributed by atoms with Crippen LogP contribution in [0, 0.1) is 0 Å². The summed E-state index contributed by atoms with van der Waals surface area (Å²) in [5.74, 6) is -0.199. The fraction of sp³-hybridized carbons (Fsp3) is 0.600. The lowest BCUT2D eigenvalue weighted by atomic mass is 10.1. The SMILES string of the molecule is C=C(C)C(=O)NC(C)(C)C.C=CC(=O)NC(C)(C)C. The predicted octanol–water partition coefficient (Wildman–Crippen LogP) is 2.56. The van der Waals surface area contributed by atoms with E-state index in [-0.39, 0.29) is 22.9 Å². The first-order valence-corrected chi connectivity index (χ1v) is 6.21. The van der Waals surface area contributed by atoms with Gasteiger partial charge in [0.1, 0.15) is 0 Å². The molecule has 4 heteroatoms. The predicted molar refractivity (Wildman–Crippen MR) is 80.8 cm³/mol. The van der Waals surface area contributed by atoms with Gasteiger partial charge in [-0.15, -0.1) is 0 Å². The van der Waals surface area contributed by atoms with E-state index in [1.807, 2.05) is 41.5 Å². The van der Waals surface area contributed by atoms with E-state index in [0.29, 0.717) is 5.57 Å². The lowest BCUT2D eigenvalue weighted by molar-refractivity contribution is -0.119. The lowest BCUT2D eigenvalue weighted by Gasteiger charge is -2.20. The molecule has 2 N–H and O–H groups in total. The molecule has 0 saturated carbocycles. The summed E-state index contributed by atoms with van der Waals surface area (Å²) in [6.45, 7) is 20.1. The van der Waals surface area contributed by atoms with E-state index >= 15 is 0 Å². The smallest absolute Gasteiger partial charge is 0.246 e. The summed E-state index contributed by atoms with van der Waals surface area (Å²) in [5.41, 5.74) is 0.247. The van der Waals surface area contributed by atoms with Crippen molar-refractivity contribution in [1.82, 2.24) is 10.6 Å². The molecule has 0 radical (unpaired) electrons. The van der Waals surface area contributed by atoms with Gasteiger partial charge in [-0.2, -0.15) is 0 Å². The van der Waals surface area contributed by atoms with Crippen molar-refractivity contribution in [3.63, 3.8) is 0 Å². The lowest BCUT2D eigenvalue weighted by Crippen LogP contribution is -2.40. The average Bonchev–Trinajstić information content (AvgIpc) is 2.13. The van der Waals surface area contributed by atoms with E-state index in [0.717, 1.165) is 0 Å². The fourth-order valence-electron chi connectivity index (χ4n) is 0.868. The van der Waals surface area contributed by atoms with Gasteiger partial charge in [0.15, 0.2) is 0 Å². The molecule has 2 amide bonds. The molecule has 0 atom stereocenters. The zero-order valence-electron chi connectivity index (χ0n) is 13.3. The van der Waals surface area contributed by atoms with Crippen molar-refractivity contribution >= 4 is 11.8 Å². The topological polar surface area (TPSA) is 58.2 Å². The maximum atomic E-state index is 10.9. The van der Waals surface area contributed by atoms with Crippen LogP contribution in [0.1, 0.15) is 48.5 Å². The normalized spacial score (nSPS) is 10.7. The Hall–Kier alpha value is -1.58. The highest BCUT2D eigenvalue weighted by molar-refractivity contribution is 5.92. The minimum absolute atomic E-state index is 0.0764. The minimum atomic E-state index is -0.157. The van der Waals surface area contributed by atoms with Crippen LogP contribution in [0.2, 0.25) is 0 Å². The van der Waals surface area contributed by atoms with Crippen LogP contribution in [0.15, 0.2) is 24.8 Å². The van der Waals surface area contributed by atoms with E-state index < -0.39 is 0 Å². The first-order valence-electron chi connectivity index (χ1n) is 6.21. The van der Waals surface area contributed by atoms with Gasteiger partial charge in [0, 0.05) is 16.7 Å². The molecule has 0 saturated heterocycles. The number of carbonyl (C=O) groups is 2. The van der Waals surface area contributed by atoms with Crippen molar-refractivity contribution in [1.29, 1.82) is 0 Å². The highest BCUT2D eigenvalue weighted by Crippen LogP contribution is 2.00. The highest BCUT2D eigenvalue weighted by Gasteiger charge is 2.13. The van der Waals surface area contributed by atoms with Gasteiger partial charge in [0.2, 0.25) is 11.8 Å². The molecule has 0 spiro atoms. The largest absolute Gasteiger partial charge is 0.348 e. The number of amides is 2. The second-order valence-corrected chi connectivity index (χ2v) is 6.43. The van der Waals surface area contributed by atoms with Crippen LogP contribution < -0.4 is 10.6 Å². The summed E-state index contributed by atoms with van der Waals surface area (Å²) < 4.78 is 0. The molecule has 0 aromatic heterocycles. The minimum Gasteiger partial charge on any atom is -0.348 e. The van der Waals surface area contributed by atoms with Crippen LogP contribution in [0.3, 0.4) is 0 Å². The van der Waals surface area contributed by atoms with Crippen molar-refractivity contribution in [2.24, 2.45) is 0 Å². The molecule has 0 aromatic rings. The van der Waals surface area contributed by atoms with E-state index in [1.54, 1.807) is 6.92 Å². The molecule has 0 rings (SSSR count). The molecule has 0 fully saturated rings. The number of hydrogen-bond acceptors (Lipinski definition) is 2. The van der Waals surface area contributed by atoms with Gasteiger partial charge in [0.25, 0.3) is 0 Å². The molecular weight excluding hydrogens is 240 g/mol. The van der Waals surface area contributed by atoms with Crippen LogP contribution in [0.4, 0.5) is 0 Å². The second-order valence-electron chi connectivity index (χ2n) is 6.43.